The van der Waals surface area contributed by atoms with Crippen molar-refractivity contribution < 1.29 is 19.1 Å². The highest BCUT2D eigenvalue weighted by molar-refractivity contribution is 7.15. The van der Waals surface area contributed by atoms with Crippen LogP contribution in [-0.4, -0.2) is 12.6 Å². The zero-order valence-corrected chi connectivity index (χ0v) is 21.1. The van der Waals surface area contributed by atoms with Gasteiger partial charge in [0.15, 0.2) is 0 Å². The van der Waals surface area contributed by atoms with Crippen LogP contribution < -0.4 is 5.32 Å². The van der Waals surface area contributed by atoms with E-state index in [9.17, 15) is 9.59 Å². The minimum atomic E-state index is -0.533. The van der Waals surface area contributed by atoms with Gasteiger partial charge < -0.3 is 9.47 Å². The number of anilines is 1. The Kier molecular flexibility index (Phi) is 6.81. The molecule has 4 aromatic rings. The molecule has 1 amide bonds. The van der Waals surface area contributed by atoms with Gasteiger partial charge in [0.05, 0.1) is 0 Å². The van der Waals surface area contributed by atoms with E-state index < -0.39 is 17.8 Å². The van der Waals surface area contributed by atoms with E-state index in [1.54, 1.807) is 13.0 Å². The third-order valence-corrected chi connectivity index (χ3v) is 7.60. The van der Waals surface area contributed by atoms with Gasteiger partial charge in [-0.3, -0.25) is 10.1 Å². The normalized spacial score (nSPS) is 14.5. The molecule has 1 fully saturated rings. The fourth-order valence-corrected chi connectivity index (χ4v) is 5.36. The molecule has 0 bridgehead atoms. The highest BCUT2D eigenvalue weighted by Crippen LogP contribution is 2.49. The van der Waals surface area contributed by atoms with E-state index in [1.807, 2.05) is 66.0 Å². The Hall–Kier alpha value is -3.61. The van der Waals surface area contributed by atoms with Gasteiger partial charge in [0.25, 0.3) is 6.47 Å². The van der Waals surface area contributed by atoms with Gasteiger partial charge in [0.2, 0.25) is 0 Å². The van der Waals surface area contributed by atoms with Crippen LogP contribution in [0.4, 0.5) is 9.80 Å². The Labute approximate surface area is 218 Å². The molecule has 1 atom stereocenters. The van der Waals surface area contributed by atoms with Gasteiger partial charge >= 0.3 is 6.09 Å². The van der Waals surface area contributed by atoms with E-state index in [1.165, 1.54) is 11.3 Å². The predicted octanol–water partition coefficient (Wildman–Crippen LogP) is 8.21. The molecule has 182 valence electrons. The highest BCUT2D eigenvalue weighted by Gasteiger charge is 2.46. The molecule has 5 nitrogen and oxygen atoms in total. The van der Waals surface area contributed by atoms with E-state index >= 15 is 0 Å². The molecule has 1 aromatic heterocycles. The number of rotatable bonds is 8. The molecule has 1 saturated carbocycles. The zero-order chi connectivity index (χ0) is 25.1. The van der Waals surface area contributed by atoms with Crippen molar-refractivity contribution in [2.75, 3.05) is 5.32 Å². The Balaban J connectivity index is 1.26. The third kappa shape index (κ3) is 5.01. The summed E-state index contributed by atoms with van der Waals surface area (Å²) >= 11 is 7.66. The summed E-state index contributed by atoms with van der Waals surface area (Å²) in [6, 6.07) is 25.6. The van der Waals surface area contributed by atoms with E-state index in [2.05, 4.69) is 17.4 Å². The monoisotopic (exact) mass is 517 g/mol. The first-order chi connectivity index (χ1) is 17.5. The van der Waals surface area contributed by atoms with Crippen molar-refractivity contribution in [2.45, 2.75) is 31.5 Å². The van der Waals surface area contributed by atoms with Crippen LogP contribution in [0.1, 0.15) is 37.0 Å². The van der Waals surface area contributed by atoms with Gasteiger partial charge in [-0.1, -0.05) is 78.3 Å². The molecule has 5 rings (SSSR count). The van der Waals surface area contributed by atoms with Gasteiger partial charge in [0, 0.05) is 16.1 Å². The van der Waals surface area contributed by atoms with Crippen molar-refractivity contribution in [2.24, 2.45) is 0 Å². The Morgan fingerprint density at radius 2 is 1.61 bits per heavy atom. The minimum absolute atomic E-state index is 0.432. The lowest BCUT2D eigenvalue weighted by Gasteiger charge is -2.15. The van der Waals surface area contributed by atoms with Crippen LogP contribution in [0.3, 0.4) is 0 Å². The van der Waals surface area contributed by atoms with E-state index in [-0.39, 0.29) is 0 Å². The maximum Gasteiger partial charge on any atom is 0.412 e. The molecule has 1 heterocycles. The SMILES string of the molecule is C[C@@H](OC(=O)Nc1sccc1-c1ccc(-c2ccc(C3(OC=O)CC3)cc2)cc1)c1ccccc1Cl. The second kappa shape index (κ2) is 10.2. The van der Waals surface area contributed by atoms with Crippen LogP contribution in [0.5, 0.6) is 0 Å². The molecule has 1 aliphatic rings. The molecule has 0 aliphatic heterocycles. The Morgan fingerprint density at radius 1 is 0.972 bits per heavy atom. The second-order valence-electron chi connectivity index (χ2n) is 8.72. The van der Waals surface area contributed by atoms with Crippen LogP contribution in [0, 0.1) is 0 Å². The maximum atomic E-state index is 12.6. The number of ether oxygens (including phenoxy) is 2. The lowest BCUT2D eigenvalue weighted by Crippen LogP contribution is -2.16. The summed E-state index contributed by atoms with van der Waals surface area (Å²) in [5.74, 6) is 0. The summed E-state index contributed by atoms with van der Waals surface area (Å²) in [7, 11) is 0. The van der Waals surface area contributed by atoms with Gasteiger partial charge in [-0.25, -0.2) is 4.79 Å². The lowest BCUT2D eigenvalue weighted by molar-refractivity contribution is -0.136. The number of amides is 1. The first-order valence-corrected chi connectivity index (χ1v) is 12.9. The molecule has 7 heteroatoms. The molecular formula is C29H24ClNO4S. The molecule has 36 heavy (non-hydrogen) atoms. The number of nitrogens with one attached hydrogen (secondary N) is 1. The van der Waals surface area contributed by atoms with E-state index in [0.717, 1.165) is 46.2 Å². The Bertz CT molecular complexity index is 1380. The van der Waals surface area contributed by atoms with E-state index in [0.29, 0.717) is 16.5 Å². The number of benzene rings is 3. The summed E-state index contributed by atoms with van der Waals surface area (Å²) in [6.45, 7) is 2.33. The van der Waals surface area contributed by atoms with Crippen molar-refractivity contribution in [1.29, 1.82) is 0 Å². The van der Waals surface area contributed by atoms with Gasteiger partial charge in [0.1, 0.15) is 16.7 Å². The zero-order valence-electron chi connectivity index (χ0n) is 19.6. The standard InChI is InChI=1S/C29H24ClNO4S/c1-19(24-4-2-3-5-26(24)30)35-28(33)31-27-25(14-17-36-27)22-8-6-20(7-9-22)21-10-12-23(13-11-21)29(15-16-29)34-18-32/h2-14,17-19H,15-16H2,1H3,(H,31,33)/t19-/m1/s1. The third-order valence-electron chi connectivity index (χ3n) is 6.43. The van der Waals surface area contributed by atoms with Crippen molar-refractivity contribution in [3.05, 3.63) is 100 Å². The van der Waals surface area contributed by atoms with Crippen molar-refractivity contribution in [3.8, 4) is 22.3 Å². The van der Waals surface area contributed by atoms with Crippen molar-refractivity contribution >= 4 is 40.5 Å². The highest BCUT2D eigenvalue weighted by atomic mass is 35.5. The van der Waals surface area contributed by atoms with Crippen molar-refractivity contribution in [1.82, 2.24) is 0 Å². The molecule has 1 N–H and O–H groups in total. The molecule has 1 aliphatic carbocycles. The molecule has 3 aromatic carbocycles. The second-order valence-corrected chi connectivity index (χ2v) is 10.0. The smallest absolute Gasteiger partial charge is 0.412 e. The topological polar surface area (TPSA) is 64.6 Å². The summed E-state index contributed by atoms with van der Waals surface area (Å²) in [5, 5.41) is 6.08. The predicted molar refractivity (Wildman–Crippen MR) is 143 cm³/mol. The van der Waals surface area contributed by atoms with Crippen molar-refractivity contribution in [3.63, 3.8) is 0 Å². The van der Waals surface area contributed by atoms with Crippen LogP contribution in [0.15, 0.2) is 84.2 Å². The number of halogens is 1. The van der Waals surface area contributed by atoms with Crippen LogP contribution in [0.25, 0.3) is 22.3 Å². The average molecular weight is 518 g/mol. The number of carbonyl (C=O) groups is 2. The minimum Gasteiger partial charge on any atom is -0.456 e. The number of hydrogen-bond donors (Lipinski definition) is 1. The lowest BCUT2D eigenvalue weighted by atomic mass is 9.99. The quantitative estimate of drug-likeness (QED) is 0.239. The number of hydrogen-bond acceptors (Lipinski definition) is 5. The first kappa shape index (κ1) is 24.1. The van der Waals surface area contributed by atoms with Crippen LogP contribution >= 0.6 is 22.9 Å². The summed E-state index contributed by atoms with van der Waals surface area (Å²) in [4.78, 5) is 23.4. The molecule has 0 saturated heterocycles. The molecule has 0 unspecified atom stereocenters. The fraction of sp³-hybridized carbons (Fsp3) is 0.172. The summed E-state index contributed by atoms with van der Waals surface area (Å²) in [6.07, 6.45) is 0.717. The Morgan fingerprint density at radius 3 is 2.25 bits per heavy atom. The van der Waals surface area contributed by atoms with Crippen LogP contribution in [0.2, 0.25) is 5.02 Å². The van der Waals surface area contributed by atoms with Crippen LogP contribution in [-0.2, 0) is 19.9 Å². The maximum absolute atomic E-state index is 12.6. The van der Waals surface area contributed by atoms with Gasteiger partial charge in [-0.05, 0) is 59.5 Å². The largest absolute Gasteiger partial charge is 0.456 e. The van der Waals surface area contributed by atoms with Gasteiger partial charge in [-0.15, -0.1) is 11.3 Å². The van der Waals surface area contributed by atoms with Gasteiger partial charge in [-0.2, -0.15) is 0 Å². The fourth-order valence-electron chi connectivity index (χ4n) is 4.27. The first-order valence-electron chi connectivity index (χ1n) is 11.6. The molecular weight excluding hydrogens is 494 g/mol. The average Bonchev–Trinajstić information content (AvgIpc) is 3.53. The summed E-state index contributed by atoms with van der Waals surface area (Å²) in [5.41, 5.74) is 5.41. The number of thiophene rings is 1. The summed E-state index contributed by atoms with van der Waals surface area (Å²) < 4.78 is 10.8. The van der Waals surface area contributed by atoms with E-state index in [4.69, 9.17) is 21.1 Å². The molecule has 0 radical (unpaired) electrons. The molecule has 0 spiro atoms. The number of carbonyl (C=O) groups excluding carboxylic acids is 2.